The Balaban J connectivity index is 1.77. The number of nitrogens with zero attached hydrogens (tertiary/aromatic N) is 2. The quantitative estimate of drug-likeness (QED) is 0.0942. The zero-order valence-corrected chi connectivity index (χ0v) is 31.4. The van der Waals surface area contributed by atoms with Gasteiger partial charge in [0.05, 0.1) is 59.9 Å². The summed E-state index contributed by atoms with van der Waals surface area (Å²) < 4.78 is 64.2. The van der Waals surface area contributed by atoms with E-state index in [1.165, 1.54) is 32.6 Å². The molecular weight excluding hydrogens is 729 g/mol. The van der Waals surface area contributed by atoms with Crippen molar-refractivity contribution in [3.63, 3.8) is 0 Å². The molecule has 0 radical (unpaired) electrons. The van der Waals surface area contributed by atoms with Crippen molar-refractivity contribution < 1.29 is 41.7 Å². The van der Waals surface area contributed by atoms with Crippen molar-refractivity contribution in [1.82, 2.24) is 5.32 Å². The van der Waals surface area contributed by atoms with Crippen LogP contribution in [0.4, 0.5) is 13.2 Å². The molecule has 2 heterocycles. The van der Waals surface area contributed by atoms with Crippen LogP contribution in [0.15, 0.2) is 92.5 Å². The predicted octanol–water partition coefficient (Wildman–Crippen LogP) is 6.47. The first-order chi connectivity index (χ1) is 25.8. The van der Waals surface area contributed by atoms with Crippen molar-refractivity contribution in [3.05, 3.63) is 104 Å². The third-order valence-electron chi connectivity index (χ3n) is 8.73. The second-order valence-electron chi connectivity index (χ2n) is 12.1. The molecule has 2 aliphatic heterocycles. The molecule has 0 fully saturated rings. The Morgan fingerprint density at radius 3 is 1.94 bits per heavy atom. The van der Waals surface area contributed by atoms with Crippen molar-refractivity contribution in [2.45, 2.75) is 64.5 Å². The molecule has 2 atom stereocenters. The minimum Gasteiger partial charge on any atom is -0.493 e. The number of nitrogens with two attached hydrogens (primary N) is 3. The first-order valence-electron chi connectivity index (χ1n) is 17.2. The number of alkyl halides is 3. The van der Waals surface area contributed by atoms with Gasteiger partial charge in [-0.05, 0) is 37.5 Å². The molecule has 0 spiro atoms. The van der Waals surface area contributed by atoms with Gasteiger partial charge in [-0.1, -0.05) is 62.6 Å². The van der Waals surface area contributed by atoms with Crippen LogP contribution in [-0.2, 0) is 25.2 Å². The first kappa shape index (κ1) is 41.3. The lowest BCUT2D eigenvalue weighted by Crippen LogP contribution is -2.32. The number of allylic oxidation sites excluding steroid dienone is 2. The summed E-state index contributed by atoms with van der Waals surface area (Å²) in [5.41, 5.74) is 19.3. The molecule has 16 heteroatoms. The van der Waals surface area contributed by atoms with Gasteiger partial charge in [-0.2, -0.15) is 13.2 Å². The van der Waals surface area contributed by atoms with Crippen LogP contribution < -0.4 is 32.0 Å². The molecule has 2 aromatic rings. The fraction of sp³-hybridized carbons (Fsp3) is 0.368. The second kappa shape index (κ2) is 18.1. The Morgan fingerprint density at radius 2 is 1.41 bits per heavy atom. The Morgan fingerprint density at radius 1 is 0.852 bits per heavy atom. The number of carbonyl (C=O) groups excluding carboxylic acids is 2. The molecule has 290 valence electrons. The van der Waals surface area contributed by atoms with E-state index in [4.69, 9.17) is 47.7 Å². The number of esters is 2. The van der Waals surface area contributed by atoms with Crippen molar-refractivity contribution in [1.29, 1.82) is 0 Å². The van der Waals surface area contributed by atoms with Gasteiger partial charge in [0.15, 0.2) is 18.2 Å². The number of carbonyl (C=O) groups is 2. The smallest absolute Gasteiger partial charge is 0.417 e. The summed E-state index contributed by atoms with van der Waals surface area (Å²) in [4.78, 5) is 36.5. The molecule has 4 rings (SSSR count). The lowest BCUT2D eigenvalue weighted by Gasteiger charge is -2.30. The molecule has 54 heavy (non-hydrogen) atoms. The average molecular weight is 773 g/mol. The number of hydrogen-bond donors (Lipinski definition) is 4. The van der Waals surface area contributed by atoms with Gasteiger partial charge in [-0.3, -0.25) is 0 Å². The van der Waals surface area contributed by atoms with Gasteiger partial charge in [-0.25, -0.2) is 19.6 Å². The number of para-hydroxylation sites is 1. The minimum atomic E-state index is -4.78. The van der Waals surface area contributed by atoms with E-state index in [-0.39, 0.29) is 52.7 Å². The van der Waals surface area contributed by atoms with Crippen LogP contribution >= 0.6 is 11.6 Å². The van der Waals surface area contributed by atoms with Crippen molar-refractivity contribution in [2.75, 3.05) is 27.6 Å². The van der Waals surface area contributed by atoms with E-state index in [1.807, 2.05) is 13.8 Å². The molecule has 7 N–H and O–H groups in total. The zero-order chi connectivity index (χ0) is 39.7. The van der Waals surface area contributed by atoms with Gasteiger partial charge < -0.3 is 41.5 Å². The molecule has 2 aliphatic rings. The highest BCUT2D eigenvalue weighted by Crippen LogP contribution is 2.47. The standard InChI is InChI=1S/C38H44ClF3N6O6/c1-6-11-25-30(28(22(17-43)34(44)47-25)20-13-9-15-24(32(20)39)38(40,41)42)37(50)54-19-46-18-23-29(21-14-10-16-27(51-4)33(21)52-5)31(36(49)53-8-3)26(12-7-2)48-35(23)45/h9-10,13-18,28-29,46H,6-8,11-12,19,43H2,1-5H3,(H2,44,47)(H2,45,48)/b22-17-,23-18-. The van der Waals surface area contributed by atoms with Crippen LogP contribution in [0.2, 0.25) is 5.02 Å². The predicted molar refractivity (Wildman–Crippen MR) is 200 cm³/mol. The van der Waals surface area contributed by atoms with Gasteiger partial charge in [0.25, 0.3) is 0 Å². The normalized spacial score (nSPS) is 19.1. The Kier molecular flexibility index (Phi) is 13.8. The Hall–Kier alpha value is -5.44. The largest absolute Gasteiger partial charge is 0.493 e. The number of rotatable bonds is 14. The van der Waals surface area contributed by atoms with Gasteiger partial charge in [-0.15, -0.1) is 0 Å². The molecule has 12 nitrogen and oxygen atoms in total. The van der Waals surface area contributed by atoms with Crippen LogP contribution in [-0.4, -0.2) is 51.2 Å². The molecule has 2 unspecified atom stereocenters. The van der Waals surface area contributed by atoms with Crippen LogP contribution in [0.3, 0.4) is 0 Å². The molecule has 0 aliphatic carbocycles. The molecule has 0 bridgehead atoms. The summed E-state index contributed by atoms with van der Waals surface area (Å²) in [5, 5.41) is 2.31. The number of methoxy groups -OCH3 is 2. The monoisotopic (exact) mass is 772 g/mol. The van der Waals surface area contributed by atoms with Crippen LogP contribution in [0, 0.1) is 0 Å². The molecular formula is C38H44ClF3N6O6. The number of amidine groups is 2. The van der Waals surface area contributed by atoms with Crippen LogP contribution in [0.1, 0.15) is 75.0 Å². The highest BCUT2D eigenvalue weighted by molar-refractivity contribution is 6.32. The summed E-state index contributed by atoms with van der Waals surface area (Å²) in [6, 6.07) is 8.60. The van der Waals surface area contributed by atoms with Gasteiger partial charge in [0.1, 0.15) is 11.7 Å². The van der Waals surface area contributed by atoms with Crippen molar-refractivity contribution in [3.8, 4) is 11.5 Å². The molecule has 0 aromatic heterocycles. The first-order valence-corrected chi connectivity index (χ1v) is 17.6. The van der Waals surface area contributed by atoms with E-state index < -0.39 is 47.3 Å². The summed E-state index contributed by atoms with van der Waals surface area (Å²) in [6.45, 7) is 5.12. The maximum absolute atomic E-state index is 14.0. The third-order valence-corrected chi connectivity index (χ3v) is 9.15. The fourth-order valence-corrected chi connectivity index (χ4v) is 6.81. The maximum Gasteiger partial charge on any atom is 0.417 e. The molecule has 2 aromatic carbocycles. The molecule has 0 saturated heterocycles. The van der Waals surface area contributed by atoms with Crippen LogP contribution in [0.5, 0.6) is 11.5 Å². The van der Waals surface area contributed by atoms with E-state index in [0.29, 0.717) is 47.6 Å². The van der Waals surface area contributed by atoms with Crippen molar-refractivity contribution in [2.24, 2.45) is 27.2 Å². The maximum atomic E-state index is 14.0. The number of halogens is 4. The number of hydrogen-bond acceptors (Lipinski definition) is 12. The molecule has 0 saturated carbocycles. The highest BCUT2D eigenvalue weighted by Gasteiger charge is 2.41. The number of ether oxygens (including phenoxy) is 4. The Labute approximate surface area is 316 Å². The Bertz CT molecular complexity index is 1950. The number of nitrogens with one attached hydrogen (secondary N) is 1. The highest BCUT2D eigenvalue weighted by atomic mass is 35.5. The molecule has 0 amide bonds. The minimum absolute atomic E-state index is 0.0564. The SMILES string of the molecule is CCCC1=C(C(=O)OCN/C=C2\C(N)=NC(CCC)=C(C(=O)OCC)C2c2cccc(OC)c2OC)C(c2cccc(C(F)(F)F)c2Cl)/C(=C/N)C(N)=N1. The zero-order valence-electron chi connectivity index (χ0n) is 30.6. The summed E-state index contributed by atoms with van der Waals surface area (Å²) in [5.74, 6) is -2.81. The summed E-state index contributed by atoms with van der Waals surface area (Å²) in [7, 11) is 2.96. The van der Waals surface area contributed by atoms with Crippen LogP contribution in [0.25, 0.3) is 0 Å². The van der Waals surface area contributed by atoms with E-state index in [1.54, 1.807) is 25.1 Å². The summed E-state index contributed by atoms with van der Waals surface area (Å²) >= 11 is 6.37. The van der Waals surface area contributed by atoms with E-state index in [2.05, 4.69) is 15.3 Å². The number of aliphatic imine (C=N–C) groups is 2. The van der Waals surface area contributed by atoms with E-state index >= 15 is 0 Å². The van der Waals surface area contributed by atoms with E-state index in [0.717, 1.165) is 12.3 Å². The lowest BCUT2D eigenvalue weighted by atomic mass is 9.80. The lowest BCUT2D eigenvalue weighted by molar-refractivity contribution is -0.140. The van der Waals surface area contributed by atoms with Crippen molar-refractivity contribution >= 4 is 35.2 Å². The van der Waals surface area contributed by atoms with Gasteiger partial charge in [0.2, 0.25) is 0 Å². The van der Waals surface area contributed by atoms with E-state index in [9.17, 15) is 22.8 Å². The summed E-state index contributed by atoms with van der Waals surface area (Å²) in [6.07, 6.45) is -0.396. The average Bonchev–Trinajstić information content (AvgIpc) is 3.13. The topological polar surface area (TPSA) is 186 Å². The second-order valence-corrected chi connectivity index (χ2v) is 12.5. The number of benzene rings is 2. The van der Waals surface area contributed by atoms with Gasteiger partial charge in [0, 0.05) is 35.0 Å². The van der Waals surface area contributed by atoms with Gasteiger partial charge >= 0.3 is 18.1 Å². The third kappa shape index (κ3) is 8.51. The fourth-order valence-electron chi connectivity index (χ4n) is 6.47.